The van der Waals surface area contributed by atoms with Crippen molar-refractivity contribution in [3.63, 3.8) is 0 Å². The van der Waals surface area contributed by atoms with E-state index in [4.69, 9.17) is 23.2 Å². The number of anilines is 2. The van der Waals surface area contributed by atoms with Gasteiger partial charge in [-0.3, -0.25) is 4.79 Å². The van der Waals surface area contributed by atoms with Gasteiger partial charge in [0.25, 0.3) is 0 Å². The first kappa shape index (κ1) is 16.6. The quantitative estimate of drug-likeness (QED) is 0.706. The highest BCUT2D eigenvalue weighted by Gasteiger charge is 2.33. The van der Waals surface area contributed by atoms with Gasteiger partial charge in [0.1, 0.15) is 23.0 Å². The van der Waals surface area contributed by atoms with Gasteiger partial charge in [-0.05, 0) is 42.5 Å². The van der Waals surface area contributed by atoms with Gasteiger partial charge in [0.05, 0.1) is 16.1 Å². The van der Waals surface area contributed by atoms with Crippen molar-refractivity contribution in [1.29, 1.82) is 0 Å². The maximum atomic E-state index is 12.8. The van der Waals surface area contributed by atoms with Crippen molar-refractivity contribution in [3.05, 3.63) is 46.0 Å². The SMILES string of the molecule is O=C(Nc1cc(Cl)ccc1Cl)C1CCCN1c1ncnc2sccc12. The van der Waals surface area contributed by atoms with Gasteiger partial charge in [-0.15, -0.1) is 11.3 Å². The Morgan fingerprint density at radius 1 is 1.28 bits per heavy atom. The fraction of sp³-hybridized carbons (Fsp3) is 0.235. The van der Waals surface area contributed by atoms with Crippen LogP contribution in [-0.4, -0.2) is 28.5 Å². The zero-order chi connectivity index (χ0) is 17.4. The van der Waals surface area contributed by atoms with E-state index in [-0.39, 0.29) is 11.9 Å². The lowest BCUT2D eigenvalue weighted by Crippen LogP contribution is -2.40. The van der Waals surface area contributed by atoms with Crippen molar-refractivity contribution in [2.45, 2.75) is 18.9 Å². The highest BCUT2D eigenvalue weighted by molar-refractivity contribution is 7.16. The molecule has 128 valence electrons. The van der Waals surface area contributed by atoms with E-state index in [0.717, 1.165) is 35.4 Å². The number of amides is 1. The number of nitrogens with one attached hydrogen (secondary N) is 1. The minimum absolute atomic E-state index is 0.108. The molecule has 0 saturated carbocycles. The van der Waals surface area contributed by atoms with Crippen molar-refractivity contribution in [1.82, 2.24) is 9.97 Å². The Kier molecular flexibility index (Phi) is 4.50. The first-order chi connectivity index (χ1) is 12.1. The van der Waals surface area contributed by atoms with Gasteiger partial charge in [-0.1, -0.05) is 23.2 Å². The summed E-state index contributed by atoms with van der Waals surface area (Å²) in [6.45, 7) is 0.781. The lowest BCUT2D eigenvalue weighted by molar-refractivity contribution is -0.117. The number of rotatable bonds is 3. The van der Waals surface area contributed by atoms with Crippen LogP contribution in [0.5, 0.6) is 0 Å². The number of fused-ring (bicyclic) bond motifs is 1. The second-order valence-electron chi connectivity index (χ2n) is 5.80. The van der Waals surface area contributed by atoms with Crippen molar-refractivity contribution < 1.29 is 4.79 Å². The minimum Gasteiger partial charge on any atom is -0.344 e. The number of carbonyl (C=O) groups excluding carboxylic acids is 1. The Morgan fingerprint density at radius 3 is 3.04 bits per heavy atom. The molecule has 5 nitrogen and oxygen atoms in total. The van der Waals surface area contributed by atoms with Crippen LogP contribution in [0.25, 0.3) is 10.2 Å². The monoisotopic (exact) mass is 392 g/mol. The molecule has 25 heavy (non-hydrogen) atoms. The molecular weight excluding hydrogens is 379 g/mol. The lowest BCUT2D eigenvalue weighted by Gasteiger charge is -2.25. The van der Waals surface area contributed by atoms with Crippen LogP contribution in [0.2, 0.25) is 10.0 Å². The Balaban J connectivity index is 1.62. The van der Waals surface area contributed by atoms with E-state index in [2.05, 4.69) is 15.3 Å². The number of nitrogens with zero attached hydrogens (tertiary/aromatic N) is 3. The van der Waals surface area contributed by atoms with Gasteiger partial charge in [0, 0.05) is 11.6 Å². The normalized spacial score (nSPS) is 17.2. The third kappa shape index (κ3) is 3.17. The van der Waals surface area contributed by atoms with E-state index in [9.17, 15) is 4.79 Å². The summed E-state index contributed by atoms with van der Waals surface area (Å²) in [5.74, 6) is 0.699. The lowest BCUT2D eigenvalue weighted by atomic mass is 10.2. The molecular formula is C17H14Cl2N4OS. The molecule has 1 amide bonds. The van der Waals surface area contributed by atoms with Crippen LogP contribution in [0.1, 0.15) is 12.8 Å². The predicted octanol–water partition coefficient (Wildman–Crippen LogP) is 4.61. The number of hydrogen-bond acceptors (Lipinski definition) is 5. The van der Waals surface area contributed by atoms with Gasteiger partial charge in [0.2, 0.25) is 5.91 Å². The highest BCUT2D eigenvalue weighted by Crippen LogP contribution is 2.33. The summed E-state index contributed by atoms with van der Waals surface area (Å²) >= 11 is 13.7. The summed E-state index contributed by atoms with van der Waals surface area (Å²) in [7, 11) is 0. The fourth-order valence-electron chi connectivity index (χ4n) is 3.11. The van der Waals surface area contributed by atoms with E-state index in [0.29, 0.717) is 15.7 Å². The van der Waals surface area contributed by atoms with Crippen LogP contribution in [-0.2, 0) is 4.79 Å². The minimum atomic E-state index is -0.298. The molecule has 0 radical (unpaired) electrons. The molecule has 1 atom stereocenters. The maximum absolute atomic E-state index is 12.8. The van der Waals surface area contributed by atoms with Crippen LogP contribution in [0.3, 0.4) is 0 Å². The molecule has 1 aromatic carbocycles. The fourth-order valence-corrected chi connectivity index (χ4v) is 4.17. The molecule has 0 bridgehead atoms. The van der Waals surface area contributed by atoms with Crippen molar-refractivity contribution in [2.75, 3.05) is 16.8 Å². The maximum Gasteiger partial charge on any atom is 0.247 e. The first-order valence-corrected chi connectivity index (χ1v) is 9.48. The van der Waals surface area contributed by atoms with Gasteiger partial charge < -0.3 is 10.2 Å². The van der Waals surface area contributed by atoms with E-state index < -0.39 is 0 Å². The van der Waals surface area contributed by atoms with Crippen LogP contribution in [0, 0.1) is 0 Å². The molecule has 1 aliphatic heterocycles. The van der Waals surface area contributed by atoms with Crippen molar-refractivity contribution in [3.8, 4) is 0 Å². The molecule has 3 heterocycles. The molecule has 0 spiro atoms. The average molecular weight is 393 g/mol. The van der Waals surface area contributed by atoms with Crippen LogP contribution < -0.4 is 10.2 Å². The summed E-state index contributed by atoms with van der Waals surface area (Å²) in [4.78, 5) is 24.5. The summed E-state index contributed by atoms with van der Waals surface area (Å²) in [6, 6.07) is 6.72. The van der Waals surface area contributed by atoms with Gasteiger partial charge in [-0.2, -0.15) is 0 Å². The average Bonchev–Trinajstić information content (AvgIpc) is 3.26. The zero-order valence-electron chi connectivity index (χ0n) is 13.1. The number of carbonyl (C=O) groups is 1. The first-order valence-electron chi connectivity index (χ1n) is 7.84. The molecule has 1 unspecified atom stereocenters. The predicted molar refractivity (Wildman–Crippen MR) is 103 cm³/mol. The third-order valence-corrected chi connectivity index (χ3v) is 5.64. The van der Waals surface area contributed by atoms with Gasteiger partial charge >= 0.3 is 0 Å². The zero-order valence-corrected chi connectivity index (χ0v) is 15.4. The Labute approximate surface area is 158 Å². The molecule has 3 aromatic rings. The van der Waals surface area contributed by atoms with Crippen LogP contribution in [0.4, 0.5) is 11.5 Å². The van der Waals surface area contributed by atoms with E-state index >= 15 is 0 Å². The van der Waals surface area contributed by atoms with E-state index in [1.165, 1.54) is 0 Å². The number of hydrogen-bond donors (Lipinski definition) is 1. The second kappa shape index (κ2) is 6.78. The summed E-state index contributed by atoms with van der Waals surface area (Å²) < 4.78 is 0. The standard InChI is InChI=1S/C17H14Cl2N4OS/c18-10-3-4-12(19)13(8-10)22-16(24)14-2-1-6-23(14)15-11-5-7-25-17(11)21-9-20-15/h3-5,7-9,14H,1-2,6H2,(H,22,24). The molecule has 2 aromatic heterocycles. The third-order valence-electron chi connectivity index (χ3n) is 4.25. The molecule has 1 fully saturated rings. The number of aromatic nitrogens is 2. The topological polar surface area (TPSA) is 58.1 Å². The smallest absolute Gasteiger partial charge is 0.247 e. The Bertz CT molecular complexity index is 945. The molecule has 1 saturated heterocycles. The summed E-state index contributed by atoms with van der Waals surface area (Å²) in [6.07, 6.45) is 3.24. The van der Waals surface area contributed by atoms with Gasteiger partial charge in [-0.25, -0.2) is 9.97 Å². The van der Waals surface area contributed by atoms with E-state index in [1.54, 1.807) is 35.9 Å². The number of halogens is 2. The molecule has 0 aliphatic carbocycles. The summed E-state index contributed by atoms with van der Waals surface area (Å²) in [5, 5.41) is 6.85. The molecule has 1 aliphatic rings. The highest BCUT2D eigenvalue weighted by atomic mass is 35.5. The van der Waals surface area contributed by atoms with Crippen molar-refractivity contribution >= 4 is 62.2 Å². The molecule has 8 heteroatoms. The Hall–Kier alpha value is -1.89. The molecule has 4 rings (SSSR count). The van der Waals surface area contributed by atoms with Gasteiger partial charge in [0.15, 0.2) is 0 Å². The largest absolute Gasteiger partial charge is 0.344 e. The van der Waals surface area contributed by atoms with Crippen molar-refractivity contribution in [2.24, 2.45) is 0 Å². The Morgan fingerprint density at radius 2 is 2.16 bits per heavy atom. The second-order valence-corrected chi connectivity index (χ2v) is 7.54. The number of benzene rings is 1. The van der Waals surface area contributed by atoms with Crippen LogP contribution >= 0.6 is 34.5 Å². The summed E-state index contributed by atoms with van der Waals surface area (Å²) in [5.41, 5.74) is 0.523. The van der Waals surface area contributed by atoms with E-state index in [1.807, 2.05) is 16.3 Å². The molecule has 1 N–H and O–H groups in total. The number of thiophene rings is 1. The van der Waals surface area contributed by atoms with Crippen LogP contribution in [0.15, 0.2) is 36.0 Å².